The Morgan fingerprint density at radius 3 is 1.54 bits per heavy atom. The van der Waals surface area contributed by atoms with E-state index in [9.17, 15) is 9.59 Å². The predicted octanol–water partition coefficient (Wildman–Crippen LogP) is 2.89. The summed E-state index contributed by atoms with van der Waals surface area (Å²) in [6, 6.07) is 3.81. The Hall–Kier alpha value is -2.90. The highest BCUT2D eigenvalue weighted by molar-refractivity contribution is 6.09. The van der Waals surface area contributed by atoms with Crippen molar-refractivity contribution in [3.8, 4) is 11.1 Å². The third-order valence-corrected chi connectivity index (χ3v) is 3.85. The van der Waals surface area contributed by atoms with Gasteiger partial charge in [0, 0.05) is 37.6 Å². The molecule has 24 heavy (non-hydrogen) atoms. The fraction of sp³-hybridized carbons (Fsp3) is 0.375. The molecule has 128 valence electrons. The van der Waals surface area contributed by atoms with Gasteiger partial charge in [-0.25, -0.2) is 9.59 Å². The molecule has 0 fully saturated rings. The van der Waals surface area contributed by atoms with Crippen LogP contribution in [0.25, 0.3) is 11.1 Å². The Balaban J connectivity index is 2.23. The number of ether oxygens (including phenoxy) is 2. The lowest BCUT2D eigenvalue weighted by Crippen LogP contribution is -2.54. The van der Waals surface area contributed by atoms with Gasteiger partial charge in [0.25, 0.3) is 0 Å². The van der Waals surface area contributed by atoms with E-state index in [1.54, 1.807) is 23.0 Å². The first-order valence-corrected chi connectivity index (χ1v) is 7.75. The van der Waals surface area contributed by atoms with Crippen molar-refractivity contribution in [2.45, 2.75) is 13.8 Å². The van der Waals surface area contributed by atoms with E-state index in [0.717, 1.165) is 11.1 Å². The number of carbonyl (C=O) groups is 2. The second-order valence-electron chi connectivity index (χ2n) is 5.35. The molecule has 1 aliphatic rings. The second kappa shape index (κ2) is 5.95. The summed E-state index contributed by atoms with van der Waals surface area (Å²) < 4.78 is 13.9. The number of hydrogen-bond donors (Lipinski definition) is 0. The largest absolute Gasteiger partial charge is 0.448 e. The van der Waals surface area contributed by atoms with Crippen LogP contribution in [0.15, 0.2) is 24.5 Å². The van der Waals surface area contributed by atoms with Gasteiger partial charge in [-0.2, -0.15) is 10.0 Å². The maximum absolute atomic E-state index is 12.6. The molecule has 1 aliphatic heterocycles. The number of carbonyl (C=O) groups excluding carboxylic acids is 2. The van der Waals surface area contributed by atoms with Crippen molar-refractivity contribution in [2.24, 2.45) is 14.1 Å². The number of rotatable bonds is 2. The molecule has 2 aromatic heterocycles. The molecule has 0 spiro atoms. The molecule has 2 aromatic rings. The molecule has 8 heteroatoms. The lowest BCUT2D eigenvalue weighted by molar-refractivity contribution is 0.145. The Morgan fingerprint density at radius 2 is 1.21 bits per heavy atom. The lowest BCUT2D eigenvalue weighted by atomic mass is 10.1. The number of aromatic nitrogens is 2. The van der Waals surface area contributed by atoms with E-state index in [4.69, 9.17) is 9.47 Å². The van der Waals surface area contributed by atoms with Gasteiger partial charge < -0.3 is 18.6 Å². The van der Waals surface area contributed by atoms with Crippen LogP contribution in [0.3, 0.4) is 0 Å². The highest BCUT2D eigenvalue weighted by Gasteiger charge is 2.42. The topological polar surface area (TPSA) is 68.9 Å². The summed E-state index contributed by atoms with van der Waals surface area (Å²) >= 11 is 0. The minimum absolute atomic E-state index is 0.200. The van der Waals surface area contributed by atoms with E-state index in [2.05, 4.69) is 0 Å². The first-order valence-electron chi connectivity index (χ1n) is 7.75. The molecule has 0 aliphatic carbocycles. The number of anilines is 2. The van der Waals surface area contributed by atoms with Gasteiger partial charge in [0.2, 0.25) is 0 Å². The molecule has 0 bridgehead atoms. The standard InChI is InChI=1S/C16H20N4O4/c1-5-23-15(21)19-13-11(7-9-17(13)3)12-8-10-18(4)14(12)20(19)16(22)24-6-2/h7-10H,5-6H2,1-4H3. The maximum Gasteiger partial charge on any atom is 0.435 e. The summed E-state index contributed by atoms with van der Waals surface area (Å²) in [4.78, 5) is 25.2. The van der Waals surface area contributed by atoms with E-state index in [-0.39, 0.29) is 13.2 Å². The van der Waals surface area contributed by atoms with Crippen LogP contribution in [0.5, 0.6) is 0 Å². The molecule has 3 rings (SSSR count). The van der Waals surface area contributed by atoms with Crippen LogP contribution in [0.1, 0.15) is 13.8 Å². The number of fused-ring (bicyclic) bond motifs is 3. The summed E-state index contributed by atoms with van der Waals surface area (Å²) in [6.45, 7) is 3.84. The molecule has 3 heterocycles. The number of amides is 2. The Labute approximate surface area is 139 Å². The van der Waals surface area contributed by atoms with Crippen molar-refractivity contribution in [1.82, 2.24) is 9.13 Å². The highest BCUT2D eigenvalue weighted by Crippen LogP contribution is 2.44. The van der Waals surface area contributed by atoms with E-state index in [1.807, 2.05) is 38.6 Å². The lowest BCUT2D eigenvalue weighted by Gasteiger charge is -2.37. The Bertz CT molecular complexity index is 726. The van der Waals surface area contributed by atoms with Crippen LogP contribution < -0.4 is 10.0 Å². The zero-order valence-corrected chi connectivity index (χ0v) is 14.1. The van der Waals surface area contributed by atoms with Gasteiger partial charge in [-0.1, -0.05) is 0 Å². The van der Waals surface area contributed by atoms with Gasteiger partial charge in [0.05, 0.1) is 13.2 Å². The third kappa shape index (κ3) is 2.22. The summed E-state index contributed by atoms with van der Waals surface area (Å²) in [5.74, 6) is 1.11. The minimum atomic E-state index is -0.638. The number of aryl methyl sites for hydroxylation is 2. The van der Waals surface area contributed by atoms with E-state index in [0.29, 0.717) is 11.6 Å². The monoisotopic (exact) mass is 332 g/mol. The zero-order valence-electron chi connectivity index (χ0n) is 14.1. The first kappa shape index (κ1) is 16.0. The molecule has 2 amide bonds. The average molecular weight is 332 g/mol. The molecule has 0 atom stereocenters. The van der Waals surface area contributed by atoms with Crippen LogP contribution in [0.2, 0.25) is 0 Å². The molecule has 0 saturated carbocycles. The fourth-order valence-electron chi connectivity index (χ4n) is 2.89. The number of hydrogen-bond acceptors (Lipinski definition) is 4. The van der Waals surface area contributed by atoms with Gasteiger partial charge >= 0.3 is 12.2 Å². The van der Waals surface area contributed by atoms with Crippen molar-refractivity contribution in [2.75, 3.05) is 23.2 Å². The first-order chi connectivity index (χ1) is 11.5. The molecule has 0 radical (unpaired) electrons. The van der Waals surface area contributed by atoms with Crippen molar-refractivity contribution in [1.29, 1.82) is 0 Å². The van der Waals surface area contributed by atoms with E-state index in [1.165, 1.54) is 10.0 Å². The second-order valence-corrected chi connectivity index (χ2v) is 5.35. The average Bonchev–Trinajstić information content (AvgIpc) is 3.10. The molecule has 0 unspecified atom stereocenters. The Morgan fingerprint density at radius 1 is 0.833 bits per heavy atom. The normalized spacial score (nSPS) is 12.7. The van der Waals surface area contributed by atoms with Crippen molar-refractivity contribution < 1.29 is 19.1 Å². The van der Waals surface area contributed by atoms with Crippen LogP contribution in [-0.2, 0) is 23.6 Å². The Kier molecular flexibility index (Phi) is 3.96. The maximum atomic E-state index is 12.6. The van der Waals surface area contributed by atoms with Crippen molar-refractivity contribution in [3.63, 3.8) is 0 Å². The smallest absolute Gasteiger partial charge is 0.435 e. The fourth-order valence-corrected chi connectivity index (χ4v) is 2.89. The number of nitrogens with zero attached hydrogens (tertiary/aromatic N) is 4. The highest BCUT2D eigenvalue weighted by atomic mass is 16.6. The molecule has 0 N–H and O–H groups in total. The SMILES string of the molecule is CCOC(=O)N1c2c(ccn2C)-c2ccn(C)c2N1C(=O)OCC. The molecule has 8 nitrogen and oxygen atoms in total. The van der Waals surface area contributed by atoms with Crippen molar-refractivity contribution >= 4 is 23.8 Å². The van der Waals surface area contributed by atoms with Crippen molar-refractivity contribution in [3.05, 3.63) is 24.5 Å². The van der Waals surface area contributed by atoms with Gasteiger partial charge in [-0.15, -0.1) is 0 Å². The summed E-state index contributed by atoms with van der Waals surface area (Å²) in [5, 5.41) is 2.44. The number of hydrazine groups is 1. The zero-order chi connectivity index (χ0) is 17.4. The van der Waals surface area contributed by atoms with Crippen LogP contribution >= 0.6 is 0 Å². The van der Waals surface area contributed by atoms with Crippen LogP contribution in [-0.4, -0.2) is 34.5 Å². The van der Waals surface area contributed by atoms with Crippen LogP contribution in [0, 0.1) is 0 Å². The van der Waals surface area contributed by atoms with E-state index < -0.39 is 12.2 Å². The molecular formula is C16H20N4O4. The van der Waals surface area contributed by atoms with E-state index >= 15 is 0 Å². The summed E-state index contributed by atoms with van der Waals surface area (Å²) in [7, 11) is 3.62. The van der Waals surface area contributed by atoms with Gasteiger partial charge in [0.1, 0.15) is 11.6 Å². The van der Waals surface area contributed by atoms with Gasteiger partial charge in [-0.05, 0) is 26.0 Å². The van der Waals surface area contributed by atoms with Gasteiger partial charge in [0.15, 0.2) is 0 Å². The summed E-state index contributed by atoms with van der Waals surface area (Å²) in [6.07, 6.45) is 2.39. The molecule has 0 saturated heterocycles. The molecule has 0 aromatic carbocycles. The van der Waals surface area contributed by atoms with Crippen LogP contribution in [0.4, 0.5) is 21.2 Å². The quantitative estimate of drug-likeness (QED) is 0.848. The third-order valence-electron chi connectivity index (χ3n) is 3.85. The molecular weight excluding hydrogens is 312 g/mol. The van der Waals surface area contributed by atoms with Gasteiger partial charge in [-0.3, -0.25) is 0 Å². The minimum Gasteiger partial charge on any atom is -0.448 e. The predicted molar refractivity (Wildman–Crippen MR) is 88.8 cm³/mol. The summed E-state index contributed by atoms with van der Waals surface area (Å²) in [5.41, 5.74) is 1.70.